The van der Waals surface area contributed by atoms with E-state index < -0.39 is 0 Å². The zero-order valence-electron chi connectivity index (χ0n) is 11.4. The summed E-state index contributed by atoms with van der Waals surface area (Å²) in [5, 5.41) is 7.05. The van der Waals surface area contributed by atoms with Crippen molar-refractivity contribution in [2.24, 2.45) is 5.92 Å². The number of hydrogen-bond acceptors (Lipinski definition) is 4. The highest BCUT2D eigenvalue weighted by molar-refractivity contribution is 7.18. The predicted molar refractivity (Wildman–Crippen MR) is 79.3 cm³/mol. The average Bonchev–Trinajstić information content (AvgIpc) is 2.66. The Kier molecular flexibility index (Phi) is 5.98. The van der Waals surface area contributed by atoms with Crippen molar-refractivity contribution in [2.75, 3.05) is 24.1 Å². The van der Waals surface area contributed by atoms with Crippen molar-refractivity contribution in [1.82, 2.24) is 5.32 Å². The molecule has 0 fully saturated rings. The van der Waals surface area contributed by atoms with E-state index in [9.17, 15) is 4.79 Å². The van der Waals surface area contributed by atoms with Crippen LogP contribution in [0.2, 0.25) is 0 Å². The molecule has 0 aromatic carbocycles. The van der Waals surface area contributed by atoms with E-state index >= 15 is 0 Å². The van der Waals surface area contributed by atoms with Crippen LogP contribution in [0.25, 0.3) is 0 Å². The summed E-state index contributed by atoms with van der Waals surface area (Å²) in [5.41, 5.74) is 6.39. The highest BCUT2D eigenvalue weighted by Gasteiger charge is 2.13. The molecule has 1 heterocycles. The first kappa shape index (κ1) is 14.8. The Balaban J connectivity index is 2.48. The highest BCUT2D eigenvalue weighted by atomic mass is 32.1. The zero-order valence-corrected chi connectivity index (χ0v) is 12.2. The second-order valence-corrected chi connectivity index (χ2v) is 5.77. The minimum absolute atomic E-state index is 0.0877. The van der Waals surface area contributed by atoms with Gasteiger partial charge < -0.3 is 16.4 Å². The monoisotopic (exact) mass is 269 g/mol. The van der Waals surface area contributed by atoms with Gasteiger partial charge in [0.2, 0.25) is 0 Å². The molecule has 1 rings (SSSR count). The third-order valence-electron chi connectivity index (χ3n) is 2.56. The third kappa shape index (κ3) is 4.56. The van der Waals surface area contributed by atoms with Crippen LogP contribution in [0, 0.1) is 5.92 Å². The molecule has 1 aromatic heterocycles. The van der Waals surface area contributed by atoms with E-state index in [0.29, 0.717) is 17.1 Å². The van der Waals surface area contributed by atoms with E-state index in [-0.39, 0.29) is 5.91 Å². The van der Waals surface area contributed by atoms with Crippen LogP contribution in [0.4, 0.5) is 10.7 Å². The van der Waals surface area contributed by atoms with Gasteiger partial charge in [0.15, 0.2) is 0 Å². The maximum absolute atomic E-state index is 11.7. The van der Waals surface area contributed by atoms with Gasteiger partial charge in [-0.1, -0.05) is 13.8 Å². The molecule has 0 aliphatic carbocycles. The van der Waals surface area contributed by atoms with Crippen molar-refractivity contribution in [3.63, 3.8) is 0 Å². The molecule has 0 aliphatic heterocycles. The van der Waals surface area contributed by atoms with Crippen molar-refractivity contribution in [3.8, 4) is 0 Å². The molecule has 0 saturated carbocycles. The van der Waals surface area contributed by atoms with Crippen molar-refractivity contribution < 1.29 is 4.79 Å². The van der Waals surface area contributed by atoms with E-state index in [1.807, 2.05) is 13.0 Å². The number of nitrogens with one attached hydrogen (secondary N) is 2. The van der Waals surface area contributed by atoms with E-state index in [2.05, 4.69) is 24.5 Å². The summed E-state index contributed by atoms with van der Waals surface area (Å²) in [6.45, 7) is 7.87. The summed E-state index contributed by atoms with van der Waals surface area (Å²) in [6, 6.07) is 1.84. The van der Waals surface area contributed by atoms with Gasteiger partial charge >= 0.3 is 0 Å². The second kappa shape index (κ2) is 7.26. The number of thiophene rings is 1. The smallest absolute Gasteiger partial charge is 0.263 e. The van der Waals surface area contributed by atoms with Crippen LogP contribution in [0.1, 0.15) is 43.3 Å². The first-order valence-electron chi connectivity index (χ1n) is 6.46. The van der Waals surface area contributed by atoms with Gasteiger partial charge in [0.25, 0.3) is 5.91 Å². The lowest BCUT2D eigenvalue weighted by atomic mass is 10.1. The average molecular weight is 269 g/mol. The lowest BCUT2D eigenvalue weighted by molar-refractivity contribution is 0.0960. The molecule has 0 saturated heterocycles. The molecule has 4 N–H and O–H groups in total. The summed E-state index contributed by atoms with van der Waals surface area (Å²) in [4.78, 5) is 12.3. The van der Waals surface area contributed by atoms with Crippen LogP contribution >= 0.6 is 11.3 Å². The number of amides is 1. The van der Waals surface area contributed by atoms with Gasteiger partial charge in [-0.3, -0.25) is 4.79 Å². The molecule has 0 radical (unpaired) electrons. The fraction of sp³-hybridized carbons (Fsp3) is 0.615. The van der Waals surface area contributed by atoms with Crippen molar-refractivity contribution in [3.05, 3.63) is 10.9 Å². The number of carbonyl (C=O) groups excluding carboxylic acids is 1. The minimum atomic E-state index is -0.0877. The van der Waals surface area contributed by atoms with Gasteiger partial charge in [-0.25, -0.2) is 0 Å². The second-order valence-electron chi connectivity index (χ2n) is 4.72. The molecule has 0 unspecified atom stereocenters. The number of rotatable bonds is 7. The van der Waals surface area contributed by atoms with Crippen LogP contribution < -0.4 is 16.4 Å². The fourth-order valence-electron chi connectivity index (χ4n) is 1.63. The minimum Gasteiger partial charge on any atom is -0.397 e. The molecule has 102 valence electrons. The van der Waals surface area contributed by atoms with Gasteiger partial charge in [-0.05, 0) is 31.7 Å². The predicted octanol–water partition coefficient (Wildman–Crippen LogP) is 2.93. The van der Waals surface area contributed by atoms with Gasteiger partial charge in [-0.2, -0.15) is 0 Å². The molecular formula is C13H23N3OS. The first-order chi connectivity index (χ1) is 8.54. The Morgan fingerprint density at radius 3 is 2.83 bits per heavy atom. The van der Waals surface area contributed by atoms with Crippen LogP contribution in [0.15, 0.2) is 6.07 Å². The molecule has 4 nitrogen and oxygen atoms in total. The molecule has 0 atom stereocenters. The Labute approximate surface area is 113 Å². The third-order valence-corrected chi connectivity index (χ3v) is 3.67. The normalized spacial score (nSPS) is 10.7. The highest BCUT2D eigenvalue weighted by Crippen LogP contribution is 2.29. The maximum atomic E-state index is 11.7. The molecule has 1 amide bonds. The zero-order chi connectivity index (χ0) is 13.5. The molecule has 0 aliphatic rings. The summed E-state index contributed by atoms with van der Waals surface area (Å²) < 4.78 is 0. The first-order valence-corrected chi connectivity index (χ1v) is 7.27. The SMILES string of the molecule is CCNC(=O)c1sc(NCCCC(C)C)cc1N. The maximum Gasteiger partial charge on any atom is 0.263 e. The summed E-state index contributed by atoms with van der Waals surface area (Å²) >= 11 is 1.42. The number of hydrogen-bond donors (Lipinski definition) is 3. The molecule has 0 spiro atoms. The van der Waals surface area contributed by atoms with E-state index in [0.717, 1.165) is 23.9 Å². The lowest BCUT2D eigenvalue weighted by Crippen LogP contribution is -2.22. The Bertz CT molecular complexity index is 388. The van der Waals surface area contributed by atoms with Crippen molar-refractivity contribution >= 4 is 27.9 Å². The van der Waals surface area contributed by atoms with Crippen LogP contribution in [-0.4, -0.2) is 19.0 Å². The molecular weight excluding hydrogens is 246 g/mol. The van der Waals surface area contributed by atoms with E-state index in [4.69, 9.17) is 5.73 Å². The largest absolute Gasteiger partial charge is 0.397 e. The lowest BCUT2D eigenvalue weighted by Gasteiger charge is -2.05. The Hall–Kier alpha value is -1.23. The van der Waals surface area contributed by atoms with Gasteiger partial charge in [0.1, 0.15) is 4.88 Å². The number of anilines is 2. The summed E-state index contributed by atoms with van der Waals surface area (Å²) in [6.07, 6.45) is 2.34. The molecule has 0 bridgehead atoms. The van der Waals surface area contributed by atoms with Crippen LogP contribution in [0.3, 0.4) is 0 Å². The summed E-state index contributed by atoms with van der Waals surface area (Å²) in [7, 11) is 0. The number of nitrogen functional groups attached to an aromatic ring is 1. The van der Waals surface area contributed by atoms with Gasteiger partial charge in [0.05, 0.1) is 10.7 Å². The number of nitrogens with two attached hydrogens (primary N) is 1. The molecule has 1 aromatic rings. The van der Waals surface area contributed by atoms with Crippen LogP contribution in [0.5, 0.6) is 0 Å². The fourth-order valence-corrected chi connectivity index (χ4v) is 2.55. The van der Waals surface area contributed by atoms with Crippen molar-refractivity contribution in [1.29, 1.82) is 0 Å². The van der Waals surface area contributed by atoms with E-state index in [1.54, 1.807) is 0 Å². The van der Waals surface area contributed by atoms with Crippen LogP contribution in [-0.2, 0) is 0 Å². The molecule has 5 heteroatoms. The Morgan fingerprint density at radius 2 is 2.22 bits per heavy atom. The standard InChI is InChI=1S/C13H23N3OS/c1-4-15-13(17)12-10(14)8-11(18-12)16-7-5-6-9(2)3/h8-9,16H,4-7,14H2,1-3H3,(H,15,17). The van der Waals surface area contributed by atoms with Gasteiger partial charge in [0, 0.05) is 13.1 Å². The van der Waals surface area contributed by atoms with Gasteiger partial charge in [-0.15, -0.1) is 11.3 Å². The number of carbonyl (C=O) groups is 1. The van der Waals surface area contributed by atoms with Crippen molar-refractivity contribution in [2.45, 2.75) is 33.6 Å². The quantitative estimate of drug-likeness (QED) is 0.667. The Morgan fingerprint density at radius 1 is 1.50 bits per heavy atom. The topological polar surface area (TPSA) is 67.2 Å². The van der Waals surface area contributed by atoms with E-state index in [1.165, 1.54) is 17.8 Å². The summed E-state index contributed by atoms with van der Waals surface area (Å²) in [5.74, 6) is 0.640. The molecule has 18 heavy (non-hydrogen) atoms.